The minimum Gasteiger partial charge on any atom is -0.271 e. The molecule has 8 nitrogen and oxygen atoms in total. The number of benzene rings is 2. The molecule has 0 atom stereocenters. The Hall–Kier alpha value is -0.560. The van der Waals surface area contributed by atoms with Gasteiger partial charge in [0.2, 0.25) is 0 Å². The van der Waals surface area contributed by atoms with Crippen LogP contribution in [0.15, 0.2) is 60.7 Å². The average molecular weight is 553 g/mol. The van der Waals surface area contributed by atoms with Crippen LogP contribution < -0.4 is 0 Å². The van der Waals surface area contributed by atoms with E-state index in [1.165, 1.54) is 24.3 Å². The van der Waals surface area contributed by atoms with E-state index in [0.717, 1.165) is 0 Å². The number of nitro groups is 2. The van der Waals surface area contributed by atoms with Crippen LogP contribution in [-0.4, -0.2) is 9.85 Å². The minimum absolute atomic E-state index is 0.137. The molecule has 2 aromatic rings. The molecule has 16 heteroatoms. The lowest BCUT2D eigenvalue weighted by Crippen LogP contribution is -1.84. The molecule has 0 aliphatic carbocycles. The van der Waals surface area contributed by atoms with Gasteiger partial charge in [-0.1, -0.05) is 36.4 Å². The lowest BCUT2D eigenvalue weighted by atomic mass is 10.3. The summed E-state index contributed by atoms with van der Waals surface area (Å²) >= 11 is 27.7. The SMILES string of the molecule is O=P(Cl)(Cl)Cl.O=P(Cl)(Cl)Cl.O=[N+]([O-])c1ccccc1.O=[N+]([O-])c1ccccc1. The second-order valence-corrected chi connectivity index (χ2v) is 17.3. The van der Waals surface area contributed by atoms with Crippen LogP contribution in [0.3, 0.4) is 0 Å². The van der Waals surface area contributed by atoms with Crippen molar-refractivity contribution in [3.63, 3.8) is 0 Å². The normalized spacial score (nSPS) is 9.93. The average Bonchev–Trinajstić information content (AvgIpc) is 2.54. The molecule has 156 valence electrons. The summed E-state index contributed by atoms with van der Waals surface area (Å²) < 4.78 is 19.0. The highest BCUT2D eigenvalue weighted by atomic mass is 36.1. The Kier molecular flexibility index (Phi) is 16.2. The molecule has 0 unspecified atom stereocenters. The van der Waals surface area contributed by atoms with Crippen LogP contribution >= 0.6 is 77.8 Å². The number of halogens is 6. The second kappa shape index (κ2) is 15.3. The molecule has 0 heterocycles. The summed E-state index contributed by atoms with van der Waals surface area (Å²) in [6.45, 7) is 0. The zero-order chi connectivity index (χ0) is 22.4. The van der Waals surface area contributed by atoms with Crippen LogP contribution in [0, 0.1) is 20.2 Å². The van der Waals surface area contributed by atoms with Crippen molar-refractivity contribution < 1.29 is 19.0 Å². The maximum Gasteiger partial charge on any atom is 0.339 e. The molecule has 0 amide bonds. The molecular weight excluding hydrogens is 543 g/mol. The molecule has 0 saturated heterocycles. The molecule has 2 aromatic carbocycles. The first-order valence-electron chi connectivity index (χ1n) is 6.38. The highest BCUT2D eigenvalue weighted by Gasteiger charge is 2.03. The molecule has 0 bridgehead atoms. The zero-order valence-corrected chi connectivity index (χ0v) is 19.6. The van der Waals surface area contributed by atoms with Gasteiger partial charge in [-0.15, -0.1) is 0 Å². The summed E-state index contributed by atoms with van der Waals surface area (Å²) in [5, 5.41) is 13.6. The van der Waals surface area contributed by atoms with Gasteiger partial charge in [0.05, 0.1) is 9.85 Å². The van der Waals surface area contributed by atoms with Crippen molar-refractivity contribution in [3.05, 3.63) is 80.9 Å². The van der Waals surface area contributed by atoms with Crippen molar-refractivity contribution in [3.8, 4) is 0 Å². The van der Waals surface area contributed by atoms with Gasteiger partial charge in [0.25, 0.3) is 11.4 Å². The molecular formula is C12H10Cl6N2O6P2. The van der Waals surface area contributed by atoms with Crippen molar-refractivity contribution in [2.45, 2.75) is 0 Å². The lowest BCUT2D eigenvalue weighted by Gasteiger charge is -1.85. The van der Waals surface area contributed by atoms with Gasteiger partial charge in [0.1, 0.15) is 0 Å². The van der Waals surface area contributed by atoms with E-state index < -0.39 is 20.2 Å². The largest absolute Gasteiger partial charge is 0.339 e. The van der Waals surface area contributed by atoms with E-state index >= 15 is 0 Å². The Balaban J connectivity index is 0. The number of hydrogen-bond donors (Lipinski definition) is 0. The summed E-state index contributed by atoms with van der Waals surface area (Å²) in [4.78, 5) is 19.2. The van der Waals surface area contributed by atoms with Gasteiger partial charge in [-0.05, 0) is 67.4 Å². The Bertz CT molecular complexity index is 732. The monoisotopic (exact) mass is 550 g/mol. The number of nitrogens with zero attached hydrogens (tertiary/aromatic N) is 2. The standard InChI is InChI=1S/2C6H5NO2.2Cl3OP/c2*8-7(9)6-4-2-1-3-5-6;2*1-5(2,3)4/h2*1-5H;;. The molecule has 0 aromatic heterocycles. The second-order valence-electron chi connectivity index (χ2n) is 3.98. The van der Waals surface area contributed by atoms with Crippen LogP contribution in [0.1, 0.15) is 0 Å². The fourth-order valence-corrected chi connectivity index (χ4v) is 1.10. The molecule has 2 rings (SSSR count). The van der Waals surface area contributed by atoms with Crippen LogP contribution in [-0.2, 0) is 9.13 Å². The number of non-ortho nitro benzene ring substituents is 2. The summed E-state index contributed by atoms with van der Waals surface area (Å²) in [5.41, 5.74) is 0.273. The molecule has 0 spiro atoms. The lowest BCUT2D eigenvalue weighted by molar-refractivity contribution is -0.385. The first-order chi connectivity index (χ1) is 12.6. The van der Waals surface area contributed by atoms with E-state index in [-0.39, 0.29) is 11.4 Å². The molecule has 28 heavy (non-hydrogen) atoms. The van der Waals surface area contributed by atoms with Crippen molar-refractivity contribution in [1.82, 2.24) is 0 Å². The topological polar surface area (TPSA) is 120 Å². The van der Waals surface area contributed by atoms with Crippen molar-refractivity contribution >= 4 is 89.2 Å². The summed E-state index contributed by atoms with van der Waals surface area (Å²) in [7, 11) is 0. The third kappa shape index (κ3) is 27.7. The van der Waals surface area contributed by atoms with Gasteiger partial charge in [0.15, 0.2) is 0 Å². The highest BCUT2D eigenvalue weighted by molar-refractivity contribution is 8.25. The number of nitro benzene ring substituents is 2. The first-order valence-corrected chi connectivity index (χ1v) is 15.2. The fraction of sp³-hybridized carbons (Fsp3) is 0. The van der Waals surface area contributed by atoms with E-state index in [2.05, 4.69) is 67.4 Å². The van der Waals surface area contributed by atoms with Crippen LogP contribution in [0.4, 0.5) is 11.4 Å². The number of hydrogen-bond acceptors (Lipinski definition) is 6. The highest BCUT2D eigenvalue weighted by Crippen LogP contribution is 2.61. The fourth-order valence-electron chi connectivity index (χ4n) is 1.10. The third-order valence-electron chi connectivity index (χ3n) is 1.93. The van der Waals surface area contributed by atoms with E-state index in [4.69, 9.17) is 0 Å². The van der Waals surface area contributed by atoms with Crippen molar-refractivity contribution in [1.29, 1.82) is 0 Å². The van der Waals surface area contributed by atoms with Crippen LogP contribution in [0.2, 0.25) is 0 Å². The van der Waals surface area contributed by atoms with Gasteiger partial charge in [-0.25, -0.2) is 0 Å². The zero-order valence-electron chi connectivity index (χ0n) is 13.3. The Morgan fingerprint density at radius 2 is 0.750 bits per heavy atom. The number of para-hydroxylation sites is 2. The van der Waals surface area contributed by atoms with E-state index in [0.29, 0.717) is 0 Å². The summed E-state index contributed by atoms with van der Waals surface area (Å²) in [6, 6.07) is 15.9. The van der Waals surface area contributed by atoms with Gasteiger partial charge in [-0.2, -0.15) is 0 Å². The first kappa shape index (κ1) is 29.6. The van der Waals surface area contributed by atoms with Crippen LogP contribution in [0.5, 0.6) is 0 Å². The van der Waals surface area contributed by atoms with Gasteiger partial charge < -0.3 is 0 Å². The molecule has 0 saturated carbocycles. The molecule has 0 aliphatic rings. The molecule has 0 aliphatic heterocycles. The smallest absolute Gasteiger partial charge is 0.271 e. The molecule has 0 radical (unpaired) electrons. The van der Waals surface area contributed by atoms with Gasteiger partial charge in [0, 0.05) is 24.3 Å². The predicted molar refractivity (Wildman–Crippen MR) is 117 cm³/mol. The van der Waals surface area contributed by atoms with E-state index in [1.807, 2.05) is 0 Å². The predicted octanol–water partition coefficient (Wildman–Crippen LogP) is 8.81. The minimum atomic E-state index is -3.22. The molecule has 0 fully saturated rings. The summed E-state index contributed by atoms with van der Waals surface area (Å²) in [6.07, 6.45) is 0. The quantitative estimate of drug-likeness (QED) is 0.208. The number of rotatable bonds is 2. The maximum atomic E-state index is 10.0. The van der Waals surface area contributed by atoms with Gasteiger partial charge in [-0.3, -0.25) is 29.4 Å². The Labute approximate surface area is 188 Å². The Morgan fingerprint density at radius 3 is 0.857 bits per heavy atom. The van der Waals surface area contributed by atoms with Gasteiger partial charge >= 0.3 is 10.4 Å². The van der Waals surface area contributed by atoms with Crippen LogP contribution in [0.25, 0.3) is 0 Å². The van der Waals surface area contributed by atoms with Crippen molar-refractivity contribution in [2.24, 2.45) is 0 Å². The van der Waals surface area contributed by atoms with E-state index in [9.17, 15) is 29.4 Å². The summed E-state index contributed by atoms with van der Waals surface area (Å²) in [5.74, 6) is 0. The van der Waals surface area contributed by atoms with E-state index in [1.54, 1.807) is 36.4 Å². The maximum absolute atomic E-state index is 10.0. The van der Waals surface area contributed by atoms with Crippen molar-refractivity contribution in [2.75, 3.05) is 0 Å². The Morgan fingerprint density at radius 1 is 0.571 bits per heavy atom. The third-order valence-corrected chi connectivity index (χ3v) is 1.93. The molecule has 0 N–H and O–H groups in total.